The summed E-state index contributed by atoms with van der Waals surface area (Å²) in [6.45, 7) is 3.74. The Kier molecular flexibility index (Phi) is 3.54. The smallest absolute Gasteiger partial charge is 0.258 e. The van der Waals surface area contributed by atoms with Crippen molar-refractivity contribution in [2.75, 3.05) is 0 Å². The van der Waals surface area contributed by atoms with E-state index in [0.717, 1.165) is 16.5 Å². The predicted molar refractivity (Wildman–Crippen MR) is 84.2 cm³/mol. The first kappa shape index (κ1) is 14.5. The van der Waals surface area contributed by atoms with Gasteiger partial charge in [0.25, 0.3) is 0 Å². The molecule has 0 atom stereocenters. The molecule has 3 aromatic rings. The first-order valence-corrected chi connectivity index (χ1v) is 7.07. The zero-order chi connectivity index (χ0) is 15.9. The lowest BCUT2D eigenvalue weighted by Gasteiger charge is -2.08. The Morgan fingerprint density at radius 3 is 2.77 bits per heavy atom. The van der Waals surface area contributed by atoms with Crippen LogP contribution >= 0.6 is 11.6 Å². The highest BCUT2D eigenvalue weighted by molar-refractivity contribution is 6.35. The molecule has 7 heteroatoms. The maximum atomic E-state index is 11.1. The van der Waals surface area contributed by atoms with Crippen LogP contribution in [0.5, 0.6) is 0 Å². The maximum Gasteiger partial charge on any atom is 0.312 e. The molecule has 0 radical (unpaired) electrons. The van der Waals surface area contributed by atoms with E-state index < -0.39 is 4.92 Å². The number of nitrogens with zero attached hydrogens (tertiary/aromatic N) is 4. The molecule has 112 valence electrons. The molecule has 0 N–H and O–H groups in total. The van der Waals surface area contributed by atoms with Gasteiger partial charge in [-0.15, -0.1) is 0 Å². The van der Waals surface area contributed by atoms with Gasteiger partial charge in [-0.05, 0) is 37.6 Å². The largest absolute Gasteiger partial charge is 0.312 e. The Hall–Kier alpha value is -2.47. The molecule has 0 saturated heterocycles. The van der Waals surface area contributed by atoms with Crippen molar-refractivity contribution in [1.29, 1.82) is 0 Å². The molecule has 0 aliphatic carbocycles. The number of nitro groups is 1. The van der Waals surface area contributed by atoms with E-state index in [1.807, 2.05) is 18.2 Å². The quantitative estimate of drug-likeness (QED) is 0.546. The van der Waals surface area contributed by atoms with Crippen LogP contribution in [-0.2, 0) is 6.54 Å². The van der Waals surface area contributed by atoms with Crippen molar-refractivity contribution in [1.82, 2.24) is 14.8 Å². The van der Waals surface area contributed by atoms with Gasteiger partial charge in [0.15, 0.2) is 0 Å². The van der Waals surface area contributed by atoms with Gasteiger partial charge in [-0.1, -0.05) is 17.7 Å². The van der Waals surface area contributed by atoms with Crippen molar-refractivity contribution in [3.63, 3.8) is 0 Å². The van der Waals surface area contributed by atoms with Crippen LogP contribution in [0.2, 0.25) is 5.02 Å². The highest BCUT2D eigenvalue weighted by atomic mass is 35.5. The molecule has 0 amide bonds. The molecule has 0 unspecified atom stereocenters. The average molecular weight is 317 g/mol. The van der Waals surface area contributed by atoms with Crippen LogP contribution < -0.4 is 0 Å². The summed E-state index contributed by atoms with van der Waals surface area (Å²) in [6.07, 6.45) is 1.70. The highest BCUT2D eigenvalue weighted by Gasteiger charge is 2.22. The fourth-order valence-corrected chi connectivity index (χ4v) is 2.81. The van der Waals surface area contributed by atoms with Crippen LogP contribution in [0.1, 0.15) is 17.0 Å². The Labute approximate surface area is 131 Å². The number of aryl methyl sites for hydroxylation is 1. The van der Waals surface area contributed by atoms with Crippen LogP contribution in [0.3, 0.4) is 0 Å². The van der Waals surface area contributed by atoms with Crippen LogP contribution in [0.15, 0.2) is 30.5 Å². The minimum Gasteiger partial charge on any atom is -0.258 e. The average Bonchev–Trinajstić information content (AvgIpc) is 2.76. The third kappa shape index (κ3) is 2.31. The van der Waals surface area contributed by atoms with Gasteiger partial charge < -0.3 is 0 Å². The standard InChI is InChI=1S/C15H13ClN4O2/c1-9-15(20(21)22)10(2)19(18-9)8-11-5-6-13(16)12-4-3-7-17-14(11)12/h3-7H,8H2,1-2H3. The number of fused-ring (bicyclic) bond motifs is 1. The molecule has 3 rings (SSSR count). The first-order valence-electron chi connectivity index (χ1n) is 6.69. The third-order valence-electron chi connectivity index (χ3n) is 3.65. The van der Waals surface area contributed by atoms with Gasteiger partial charge in [0.05, 0.1) is 17.0 Å². The Balaban J connectivity index is 2.10. The van der Waals surface area contributed by atoms with E-state index in [1.54, 1.807) is 30.8 Å². The number of hydrogen-bond donors (Lipinski definition) is 0. The van der Waals surface area contributed by atoms with Crippen LogP contribution in [0.4, 0.5) is 5.69 Å². The second kappa shape index (κ2) is 5.38. The molecule has 0 saturated carbocycles. The van der Waals surface area contributed by atoms with Crippen LogP contribution in [0, 0.1) is 24.0 Å². The van der Waals surface area contributed by atoms with E-state index in [2.05, 4.69) is 10.1 Å². The van der Waals surface area contributed by atoms with Crippen molar-refractivity contribution in [3.8, 4) is 0 Å². The van der Waals surface area contributed by atoms with Crippen molar-refractivity contribution >= 4 is 28.2 Å². The first-order chi connectivity index (χ1) is 10.5. The second-order valence-corrected chi connectivity index (χ2v) is 5.45. The molecule has 0 spiro atoms. The lowest BCUT2D eigenvalue weighted by atomic mass is 10.1. The molecule has 2 aromatic heterocycles. The number of hydrogen-bond acceptors (Lipinski definition) is 4. The van der Waals surface area contributed by atoms with Gasteiger partial charge in [0.1, 0.15) is 11.4 Å². The van der Waals surface area contributed by atoms with E-state index in [4.69, 9.17) is 11.6 Å². The zero-order valence-corrected chi connectivity index (χ0v) is 12.8. The van der Waals surface area contributed by atoms with Crippen LogP contribution in [0.25, 0.3) is 10.9 Å². The number of aromatic nitrogens is 3. The molecular weight excluding hydrogens is 304 g/mol. The van der Waals surface area contributed by atoms with Gasteiger partial charge in [-0.25, -0.2) is 0 Å². The van der Waals surface area contributed by atoms with Gasteiger partial charge in [0, 0.05) is 16.6 Å². The summed E-state index contributed by atoms with van der Waals surface area (Å²) in [5, 5.41) is 16.8. The van der Waals surface area contributed by atoms with E-state index in [1.165, 1.54) is 0 Å². The maximum absolute atomic E-state index is 11.1. The van der Waals surface area contributed by atoms with Gasteiger partial charge in [-0.2, -0.15) is 5.10 Å². The number of rotatable bonds is 3. The normalized spacial score (nSPS) is 11.0. The summed E-state index contributed by atoms with van der Waals surface area (Å²) in [7, 11) is 0. The molecule has 0 aliphatic rings. The van der Waals surface area contributed by atoms with Crippen molar-refractivity contribution < 1.29 is 4.92 Å². The lowest BCUT2D eigenvalue weighted by Crippen LogP contribution is -2.05. The Morgan fingerprint density at radius 2 is 2.09 bits per heavy atom. The zero-order valence-electron chi connectivity index (χ0n) is 12.1. The monoisotopic (exact) mass is 316 g/mol. The van der Waals surface area contributed by atoms with Crippen LogP contribution in [-0.4, -0.2) is 19.7 Å². The molecule has 22 heavy (non-hydrogen) atoms. The molecular formula is C15H13ClN4O2. The predicted octanol–water partition coefficient (Wildman–Crippen LogP) is 3.66. The van der Waals surface area contributed by atoms with Gasteiger partial charge >= 0.3 is 5.69 Å². The number of halogens is 1. The van der Waals surface area contributed by atoms with E-state index in [9.17, 15) is 10.1 Å². The highest BCUT2D eigenvalue weighted by Crippen LogP contribution is 2.27. The summed E-state index contributed by atoms with van der Waals surface area (Å²) in [6, 6.07) is 7.41. The van der Waals surface area contributed by atoms with Crippen molar-refractivity contribution in [2.45, 2.75) is 20.4 Å². The SMILES string of the molecule is Cc1nn(Cc2ccc(Cl)c3cccnc23)c(C)c1[N+](=O)[O-]. The Morgan fingerprint density at radius 1 is 1.32 bits per heavy atom. The van der Waals surface area contributed by atoms with Crippen molar-refractivity contribution in [3.05, 3.63) is 62.6 Å². The summed E-state index contributed by atoms with van der Waals surface area (Å²) in [5.74, 6) is 0. The molecule has 0 bridgehead atoms. The molecule has 6 nitrogen and oxygen atoms in total. The number of pyridine rings is 1. The summed E-state index contributed by atoms with van der Waals surface area (Å²) >= 11 is 6.18. The lowest BCUT2D eigenvalue weighted by molar-refractivity contribution is -0.386. The molecule has 0 aliphatic heterocycles. The van der Waals surface area contributed by atoms with E-state index in [-0.39, 0.29) is 5.69 Å². The summed E-state index contributed by atoms with van der Waals surface area (Å²) in [4.78, 5) is 15.1. The molecule has 2 heterocycles. The van der Waals surface area contributed by atoms with E-state index >= 15 is 0 Å². The second-order valence-electron chi connectivity index (χ2n) is 5.04. The van der Waals surface area contributed by atoms with Gasteiger partial charge in [-0.3, -0.25) is 19.8 Å². The van der Waals surface area contributed by atoms with E-state index in [0.29, 0.717) is 23.0 Å². The summed E-state index contributed by atoms with van der Waals surface area (Å²) < 4.78 is 1.63. The fraction of sp³-hybridized carbons (Fsp3) is 0.200. The summed E-state index contributed by atoms with van der Waals surface area (Å²) in [5.41, 5.74) is 2.70. The third-order valence-corrected chi connectivity index (χ3v) is 3.98. The van der Waals surface area contributed by atoms with Crippen molar-refractivity contribution in [2.24, 2.45) is 0 Å². The fourth-order valence-electron chi connectivity index (χ4n) is 2.59. The minimum absolute atomic E-state index is 0.0613. The minimum atomic E-state index is -0.396. The van der Waals surface area contributed by atoms with Gasteiger partial charge in [0.2, 0.25) is 0 Å². The molecule has 0 fully saturated rings. The molecule has 1 aromatic carbocycles. The topological polar surface area (TPSA) is 73.8 Å². The number of benzene rings is 1. The Bertz CT molecular complexity index is 889.